The number of ether oxygens (including phenoxy) is 4. The van der Waals surface area contributed by atoms with E-state index in [1.165, 1.54) is 12.3 Å². The second kappa shape index (κ2) is 12.3. The lowest BCUT2D eigenvalue weighted by atomic mass is 9.82. The van der Waals surface area contributed by atoms with Gasteiger partial charge in [-0.2, -0.15) is 0 Å². The predicted molar refractivity (Wildman–Crippen MR) is 165 cm³/mol. The van der Waals surface area contributed by atoms with Gasteiger partial charge in [-0.15, -0.1) is 0 Å². The number of rotatable bonds is 11. The number of nitrogens with zero attached hydrogens (tertiary/aromatic N) is 2. The Morgan fingerprint density at radius 1 is 1.12 bits per heavy atom. The normalized spacial score (nSPS) is 24.9. The molecule has 0 aliphatic carbocycles. The topological polar surface area (TPSA) is 115 Å². The van der Waals surface area contributed by atoms with Crippen LogP contribution in [0.1, 0.15) is 38.2 Å². The van der Waals surface area contributed by atoms with Crippen molar-refractivity contribution < 1.29 is 38.4 Å². The summed E-state index contributed by atoms with van der Waals surface area (Å²) in [5.74, 6) is 0.141. The van der Waals surface area contributed by atoms with Crippen molar-refractivity contribution >= 4 is 42.6 Å². The van der Waals surface area contributed by atoms with E-state index < -0.39 is 19.8 Å². The van der Waals surface area contributed by atoms with Crippen molar-refractivity contribution in [3.05, 3.63) is 48.0 Å². The van der Waals surface area contributed by atoms with Crippen LogP contribution in [0.25, 0.3) is 0 Å². The van der Waals surface area contributed by atoms with Gasteiger partial charge in [0.1, 0.15) is 12.4 Å². The van der Waals surface area contributed by atoms with Crippen LogP contribution in [-0.4, -0.2) is 77.8 Å². The van der Waals surface area contributed by atoms with Crippen molar-refractivity contribution in [3.63, 3.8) is 0 Å². The molecular formula is C32H42N2O8Si. The van der Waals surface area contributed by atoms with E-state index in [2.05, 4.69) is 32.2 Å². The van der Waals surface area contributed by atoms with Crippen LogP contribution in [-0.2, 0) is 29.4 Å². The van der Waals surface area contributed by atoms with Crippen molar-refractivity contribution in [2.24, 2.45) is 5.92 Å². The highest BCUT2D eigenvalue weighted by molar-refractivity contribution is 6.91. The average Bonchev–Trinajstić information content (AvgIpc) is 3.64. The van der Waals surface area contributed by atoms with Crippen LogP contribution in [0.4, 0.5) is 16.2 Å². The number of amides is 2. The molecule has 0 saturated carbocycles. The number of anilines is 2. The number of carbonyl (C=O) groups is 3. The molecule has 0 radical (unpaired) electrons. The minimum atomic E-state index is -2.31. The Morgan fingerprint density at radius 2 is 1.86 bits per heavy atom. The number of methoxy groups -OCH3 is 2. The smallest absolute Gasteiger partial charge is 0.414 e. The Kier molecular flexibility index (Phi) is 8.87. The highest BCUT2D eigenvalue weighted by atomic mass is 28.3. The summed E-state index contributed by atoms with van der Waals surface area (Å²) in [6.07, 6.45) is 1.12. The van der Waals surface area contributed by atoms with Crippen LogP contribution >= 0.6 is 0 Å². The molecule has 5 rings (SSSR count). The summed E-state index contributed by atoms with van der Waals surface area (Å²) < 4.78 is 22.3. The third kappa shape index (κ3) is 5.31. The van der Waals surface area contributed by atoms with Gasteiger partial charge in [-0.25, -0.2) is 4.79 Å². The van der Waals surface area contributed by atoms with Gasteiger partial charge in [0, 0.05) is 36.7 Å². The molecule has 43 heavy (non-hydrogen) atoms. The number of unbranched alkanes of at least 4 members (excludes halogenated alkanes) is 1. The maximum atomic E-state index is 14.7. The van der Waals surface area contributed by atoms with Gasteiger partial charge in [-0.05, 0) is 55.1 Å². The number of hydrogen-bond donors (Lipinski definition) is 1. The van der Waals surface area contributed by atoms with Crippen LogP contribution in [0.2, 0.25) is 18.6 Å². The van der Waals surface area contributed by atoms with E-state index in [0.29, 0.717) is 44.6 Å². The van der Waals surface area contributed by atoms with Gasteiger partial charge in [-0.3, -0.25) is 14.5 Å². The fourth-order valence-electron chi connectivity index (χ4n) is 7.36. The number of aliphatic hydroxyl groups excluding tert-OH is 1. The van der Waals surface area contributed by atoms with Crippen molar-refractivity contribution in [1.29, 1.82) is 0 Å². The monoisotopic (exact) mass is 610 g/mol. The van der Waals surface area contributed by atoms with Crippen molar-refractivity contribution in [2.45, 2.75) is 62.9 Å². The molecule has 3 aliphatic rings. The molecule has 1 spiro atoms. The zero-order valence-corrected chi connectivity index (χ0v) is 26.6. The van der Waals surface area contributed by atoms with Gasteiger partial charge in [0.05, 0.1) is 40.6 Å². The van der Waals surface area contributed by atoms with Gasteiger partial charge >= 0.3 is 12.1 Å². The Balaban J connectivity index is 1.57. The summed E-state index contributed by atoms with van der Waals surface area (Å²) in [6, 6.07) is 13.8. The summed E-state index contributed by atoms with van der Waals surface area (Å²) in [4.78, 5) is 42.2. The Morgan fingerprint density at radius 3 is 2.49 bits per heavy atom. The number of aliphatic hydroxyl groups is 1. The first-order chi connectivity index (χ1) is 20.6. The van der Waals surface area contributed by atoms with Crippen molar-refractivity contribution in [1.82, 2.24) is 0 Å². The molecule has 3 aliphatic heterocycles. The Bertz CT molecular complexity index is 1370. The minimum Gasteiger partial charge on any atom is -0.497 e. The third-order valence-electron chi connectivity index (χ3n) is 9.55. The van der Waals surface area contributed by atoms with Gasteiger partial charge in [-0.1, -0.05) is 37.3 Å². The molecular weight excluding hydrogens is 568 g/mol. The number of cyclic esters (lactones) is 1. The lowest BCUT2D eigenvalue weighted by molar-refractivity contribution is -0.146. The highest BCUT2D eigenvalue weighted by Gasteiger charge is 2.66. The van der Waals surface area contributed by atoms with Crippen molar-refractivity contribution in [3.8, 4) is 5.75 Å². The van der Waals surface area contributed by atoms with E-state index in [4.69, 9.17) is 18.9 Å². The van der Waals surface area contributed by atoms with Gasteiger partial charge in [0.15, 0.2) is 5.60 Å². The maximum absolute atomic E-state index is 14.7. The first kappa shape index (κ1) is 31.0. The number of esters is 1. The number of hydrogen-bond acceptors (Lipinski definition) is 8. The summed E-state index contributed by atoms with van der Waals surface area (Å²) >= 11 is 0. The van der Waals surface area contributed by atoms with E-state index in [1.807, 2.05) is 30.3 Å². The molecule has 0 bridgehead atoms. The van der Waals surface area contributed by atoms with Crippen LogP contribution in [0.5, 0.6) is 5.75 Å². The van der Waals surface area contributed by atoms with Gasteiger partial charge in [0.25, 0.3) is 5.91 Å². The SMILES string of the molecule is COC(=O)CCCCN1C(=O)[C@@]2(O[C@@H](CCO)[C@H]([Si](C)(C)c3ccc(OC)cc3)[C@H]2C)c2cc(N3CCOC3=O)ccc21. The van der Waals surface area contributed by atoms with Crippen LogP contribution in [0, 0.1) is 5.92 Å². The van der Waals surface area contributed by atoms with E-state index in [1.54, 1.807) is 16.9 Å². The second-order valence-electron chi connectivity index (χ2n) is 12.1. The molecule has 3 heterocycles. The first-order valence-corrected chi connectivity index (χ1v) is 18.1. The average molecular weight is 611 g/mol. The van der Waals surface area contributed by atoms with E-state index in [-0.39, 0.29) is 42.5 Å². The quantitative estimate of drug-likeness (QED) is 0.231. The largest absolute Gasteiger partial charge is 0.497 e. The summed E-state index contributed by atoms with van der Waals surface area (Å²) in [6.45, 7) is 7.78. The van der Waals surface area contributed by atoms with Crippen molar-refractivity contribution in [2.75, 3.05) is 50.3 Å². The van der Waals surface area contributed by atoms with E-state index >= 15 is 0 Å². The zero-order valence-electron chi connectivity index (χ0n) is 25.6. The standard InChI is InChI=1S/C32H42N2O8Si/c1-21-29(43(4,5)24-12-10-23(39-2)11-13-24)27(15-18-35)42-32(21)25-20-22(33-17-19-41-31(33)38)9-14-26(25)34(30(32)37)16-7-6-8-28(36)40-3/h9-14,20-21,27,29,35H,6-8,15-19H2,1-5H3/t21-,27+,29-,32+/m1/s1. The molecule has 4 atom stereocenters. The molecule has 2 aromatic rings. The molecule has 11 heteroatoms. The molecule has 2 saturated heterocycles. The molecule has 1 N–H and O–H groups in total. The number of fused-ring (bicyclic) bond motifs is 2. The van der Waals surface area contributed by atoms with Crippen LogP contribution in [0.3, 0.4) is 0 Å². The fraction of sp³-hybridized carbons (Fsp3) is 0.531. The van der Waals surface area contributed by atoms with Crippen LogP contribution < -0.4 is 19.7 Å². The number of benzene rings is 2. The highest BCUT2D eigenvalue weighted by Crippen LogP contribution is 2.60. The fourth-order valence-corrected chi connectivity index (χ4v) is 11.4. The van der Waals surface area contributed by atoms with E-state index in [9.17, 15) is 19.5 Å². The van der Waals surface area contributed by atoms with Gasteiger partial charge in [0.2, 0.25) is 0 Å². The summed E-state index contributed by atoms with van der Waals surface area (Å²) in [5.41, 5.74) is 0.868. The summed E-state index contributed by atoms with van der Waals surface area (Å²) in [7, 11) is 0.706. The molecule has 232 valence electrons. The van der Waals surface area contributed by atoms with Crippen LogP contribution in [0.15, 0.2) is 42.5 Å². The molecule has 0 aromatic heterocycles. The van der Waals surface area contributed by atoms with E-state index in [0.717, 1.165) is 17.0 Å². The minimum absolute atomic E-state index is 0.00419. The number of carbonyl (C=O) groups excluding carboxylic acids is 3. The molecule has 2 amide bonds. The zero-order chi connectivity index (χ0) is 30.9. The maximum Gasteiger partial charge on any atom is 0.414 e. The third-order valence-corrected chi connectivity index (χ3v) is 13.9. The molecule has 10 nitrogen and oxygen atoms in total. The predicted octanol–water partition coefficient (Wildman–Crippen LogP) is 3.94. The first-order valence-electron chi connectivity index (χ1n) is 15.0. The molecule has 2 aromatic carbocycles. The molecule has 2 fully saturated rings. The summed E-state index contributed by atoms with van der Waals surface area (Å²) in [5, 5.41) is 11.3. The second-order valence-corrected chi connectivity index (χ2v) is 16.8. The Labute approximate surface area is 253 Å². The lowest BCUT2D eigenvalue weighted by Crippen LogP contribution is -2.52. The van der Waals surface area contributed by atoms with Gasteiger partial charge < -0.3 is 29.0 Å². The lowest BCUT2D eigenvalue weighted by Gasteiger charge is -2.37. The Hall–Kier alpha value is -3.41. The molecule has 0 unspecified atom stereocenters.